The number of benzene rings is 1. The lowest BCUT2D eigenvalue weighted by Gasteiger charge is -2.34. The van der Waals surface area contributed by atoms with Gasteiger partial charge in [-0.3, -0.25) is 4.98 Å². The first-order valence-electron chi connectivity index (χ1n) is 8.69. The maximum Gasteiger partial charge on any atom is 0.155 e. The van der Waals surface area contributed by atoms with E-state index in [1.807, 2.05) is 43.1 Å². The van der Waals surface area contributed by atoms with E-state index in [0.717, 1.165) is 34.5 Å². The summed E-state index contributed by atoms with van der Waals surface area (Å²) in [5, 5.41) is 10.6. The van der Waals surface area contributed by atoms with Crippen LogP contribution in [0.3, 0.4) is 0 Å². The SMILES string of the molecule is CC(C)CC(C)(N)COc1ccc2c(c1)N(C)C(O)c1cnccc1-2. The van der Waals surface area contributed by atoms with Crippen molar-refractivity contribution >= 4 is 5.69 Å². The van der Waals surface area contributed by atoms with Gasteiger partial charge in [-0.1, -0.05) is 13.8 Å². The van der Waals surface area contributed by atoms with E-state index in [0.29, 0.717) is 12.5 Å². The van der Waals surface area contributed by atoms with E-state index >= 15 is 0 Å². The van der Waals surface area contributed by atoms with Crippen LogP contribution >= 0.6 is 0 Å². The van der Waals surface area contributed by atoms with Crippen LogP contribution in [0.5, 0.6) is 5.75 Å². The smallest absolute Gasteiger partial charge is 0.155 e. The molecule has 25 heavy (non-hydrogen) atoms. The summed E-state index contributed by atoms with van der Waals surface area (Å²) >= 11 is 0. The van der Waals surface area contributed by atoms with E-state index in [-0.39, 0.29) is 5.54 Å². The van der Waals surface area contributed by atoms with Crippen molar-refractivity contribution in [3.8, 4) is 16.9 Å². The Kier molecular flexibility index (Phi) is 4.71. The van der Waals surface area contributed by atoms with E-state index in [2.05, 4.69) is 18.8 Å². The summed E-state index contributed by atoms with van der Waals surface area (Å²) in [5.41, 5.74) is 9.79. The van der Waals surface area contributed by atoms with Crippen LogP contribution < -0.4 is 15.4 Å². The van der Waals surface area contributed by atoms with E-state index < -0.39 is 6.23 Å². The van der Waals surface area contributed by atoms with Gasteiger partial charge < -0.3 is 20.5 Å². The van der Waals surface area contributed by atoms with Gasteiger partial charge in [0, 0.05) is 42.2 Å². The second-order valence-corrected chi connectivity index (χ2v) is 7.67. The Balaban J connectivity index is 1.86. The first kappa shape index (κ1) is 17.7. The van der Waals surface area contributed by atoms with Crippen LogP contribution in [0, 0.1) is 5.92 Å². The van der Waals surface area contributed by atoms with Gasteiger partial charge in [0.15, 0.2) is 6.23 Å². The Morgan fingerprint density at radius 1 is 1.32 bits per heavy atom. The molecule has 2 aromatic rings. The maximum atomic E-state index is 10.6. The van der Waals surface area contributed by atoms with E-state index in [1.54, 1.807) is 12.4 Å². The van der Waals surface area contributed by atoms with E-state index in [1.165, 1.54) is 0 Å². The largest absolute Gasteiger partial charge is 0.492 e. The third-order valence-corrected chi connectivity index (χ3v) is 4.58. The van der Waals surface area contributed by atoms with Crippen molar-refractivity contribution < 1.29 is 9.84 Å². The molecule has 0 radical (unpaired) electrons. The van der Waals surface area contributed by atoms with E-state index in [4.69, 9.17) is 10.5 Å². The average Bonchev–Trinajstić information content (AvgIpc) is 2.57. The zero-order valence-corrected chi connectivity index (χ0v) is 15.4. The standard InChI is InChI=1S/C20H27N3O2/c1-13(2)10-20(3,21)12-25-14-5-6-16-15-7-8-22-11-17(15)19(24)23(4)18(16)9-14/h5-9,11,13,19,24H,10,12,21H2,1-4H3. The molecular formula is C20H27N3O2. The fourth-order valence-corrected chi connectivity index (χ4v) is 3.56. The lowest BCUT2D eigenvalue weighted by Crippen LogP contribution is -2.43. The second kappa shape index (κ2) is 6.65. The van der Waals surface area contributed by atoms with Crippen LogP contribution in [-0.4, -0.2) is 29.3 Å². The molecule has 0 bridgehead atoms. The predicted molar refractivity (Wildman–Crippen MR) is 101 cm³/mol. The lowest BCUT2D eigenvalue weighted by molar-refractivity contribution is 0.176. The molecule has 3 N–H and O–H groups in total. The quantitative estimate of drug-likeness (QED) is 0.873. The van der Waals surface area contributed by atoms with Crippen molar-refractivity contribution in [3.63, 3.8) is 0 Å². The topological polar surface area (TPSA) is 71.6 Å². The highest BCUT2D eigenvalue weighted by atomic mass is 16.5. The summed E-state index contributed by atoms with van der Waals surface area (Å²) in [6.45, 7) is 6.79. The van der Waals surface area contributed by atoms with Gasteiger partial charge in [0.2, 0.25) is 0 Å². The first-order valence-corrected chi connectivity index (χ1v) is 8.69. The van der Waals surface area contributed by atoms with Gasteiger partial charge in [0.05, 0.1) is 5.69 Å². The molecule has 2 heterocycles. The molecular weight excluding hydrogens is 314 g/mol. The van der Waals surface area contributed by atoms with Gasteiger partial charge >= 0.3 is 0 Å². The summed E-state index contributed by atoms with van der Waals surface area (Å²) in [6.07, 6.45) is 3.65. The Hall–Kier alpha value is -2.11. The molecule has 0 spiro atoms. The highest BCUT2D eigenvalue weighted by molar-refractivity contribution is 5.84. The van der Waals surface area contributed by atoms with Gasteiger partial charge in [0.25, 0.3) is 0 Å². The van der Waals surface area contributed by atoms with Gasteiger partial charge in [-0.2, -0.15) is 0 Å². The fraction of sp³-hybridized carbons (Fsp3) is 0.450. The molecule has 0 fully saturated rings. The minimum Gasteiger partial charge on any atom is -0.492 e. The molecule has 5 heteroatoms. The van der Waals surface area contributed by atoms with Crippen molar-refractivity contribution in [3.05, 3.63) is 42.2 Å². The van der Waals surface area contributed by atoms with Gasteiger partial charge in [-0.05, 0) is 43.0 Å². The van der Waals surface area contributed by atoms with Gasteiger partial charge in [-0.15, -0.1) is 0 Å². The highest BCUT2D eigenvalue weighted by Gasteiger charge is 2.28. The number of aliphatic hydroxyl groups is 1. The van der Waals surface area contributed by atoms with Crippen molar-refractivity contribution in [1.82, 2.24) is 4.98 Å². The number of pyridine rings is 1. The van der Waals surface area contributed by atoms with Gasteiger partial charge in [0.1, 0.15) is 12.4 Å². The minimum absolute atomic E-state index is 0.367. The molecule has 3 rings (SSSR count). The van der Waals surface area contributed by atoms with Crippen LogP contribution in [0.1, 0.15) is 39.0 Å². The monoisotopic (exact) mass is 341 g/mol. The van der Waals surface area contributed by atoms with E-state index in [9.17, 15) is 5.11 Å². The number of nitrogens with zero attached hydrogens (tertiary/aromatic N) is 2. The Morgan fingerprint density at radius 3 is 2.80 bits per heavy atom. The van der Waals surface area contributed by atoms with Crippen LogP contribution in [0.25, 0.3) is 11.1 Å². The van der Waals surface area contributed by atoms with Crippen molar-refractivity contribution in [2.45, 2.75) is 39.0 Å². The van der Waals surface area contributed by atoms with Crippen molar-refractivity contribution in [2.75, 3.05) is 18.6 Å². The summed E-state index contributed by atoms with van der Waals surface area (Å²) < 4.78 is 5.96. The van der Waals surface area contributed by atoms with Crippen molar-refractivity contribution in [2.24, 2.45) is 11.7 Å². The number of hydrogen-bond donors (Lipinski definition) is 2. The number of anilines is 1. The number of aliphatic hydroxyl groups excluding tert-OH is 1. The summed E-state index contributed by atoms with van der Waals surface area (Å²) in [7, 11) is 1.87. The molecule has 0 amide bonds. The Labute approximate surface area is 149 Å². The van der Waals surface area contributed by atoms with Crippen LogP contribution in [0.2, 0.25) is 0 Å². The average molecular weight is 341 g/mol. The second-order valence-electron chi connectivity index (χ2n) is 7.67. The highest BCUT2D eigenvalue weighted by Crippen LogP contribution is 2.43. The lowest BCUT2D eigenvalue weighted by atomic mass is 9.92. The molecule has 0 saturated carbocycles. The molecule has 5 nitrogen and oxygen atoms in total. The van der Waals surface area contributed by atoms with Crippen molar-refractivity contribution in [1.29, 1.82) is 0 Å². The maximum absolute atomic E-state index is 10.6. The number of hydrogen-bond acceptors (Lipinski definition) is 5. The number of aromatic nitrogens is 1. The number of ether oxygens (including phenoxy) is 1. The molecule has 0 saturated heterocycles. The summed E-state index contributed by atoms with van der Waals surface area (Å²) in [6, 6.07) is 7.89. The normalized spacial score (nSPS) is 18.5. The Bertz CT molecular complexity index is 758. The number of nitrogens with two attached hydrogens (primary N) is 1. The molecule has 1 aromatic heterocycles. The van der Waals surface area contributed by atoms with Crippen LogP contribution in [0.4, 0.5) is 5.69 Å². The molecule has 0 aliphatic carbocycles. The van der Waals surface area contributed by atoms with Crippen LogP contribution in [-0.2, 0) is 0 Å². The first-order chi connectivity index (χ1) is 11.8. The van der Waals surface area contributed by atoms with Gasteiger partial charge in [-0.25, -0.2) is 0 Å². The number of fused-ring (bicyclic) bond motifs is 3. The molecule has 1 aromatic carbocycles. The summed E-state index contributed by atoms with van der Waals surface area (Å²) in [5.74, 6) is 1.28. The Morgan fingerprint density at radius 2 is 2.08 bits per heavy atom. The molecule has 1 aliphatic heterocycles. The summed E-state index contributed by atoms with van der Waals surface area (Å²) in [4.78, 5) is 5.96. The molecule has 2 unspecified atom stereocenters. The third kappa shape index (κ3) is 3.62. The fourth-order valence-electron chi connectivity index (χ4n) is 3.56. The molecule has 1 aliphatic rings. The minimum atomic E-state index is -0.716. The zero-order chi connectivity index (χ0) is 18.2. The predicted octanol–water partition coefficient (Wildman–Crippen LogP) is 3.33. The van der Waals surface area contributed by atoms with Crippen LogP contribution in [0.15, 0.2) is 36.7 Å². The molecule has 2 atom stereocenters. The number of rotatable bonds is 5. The zero-order valence-electron chi connectivity index (χ0n) is 15.4. The third-order valence-electron chi connectivity index (χ3n) is 4.58. The molecule has 134 valence electrons.